The molecule has 5 heteroatoms. The van der Waals surface area contributed by atoms with Crippen LogP contribution < -0.4 is 16.0 Å². The summed E-state index contributed by atoms with van der Waals surface area (Å²) < 4.78 is 0. The number of nitrogens with zero attached hydrogens (tertiary/aromatic N) is 1. The summed E-state index contributed by atoms with van der Waals surface area (Å²) in [4.78, 5) is 13.7. The van der Waals surface area contributed by atoms with E-state index in [1.807, 2.05) is 18.2 Å². The Morgan fingerprint density at radius 3 is 3.05 bits per heavy atom. The van der Waals surface area contributed by atoms with Crippen LogP contribution in [0.5, 0.6) is 0 Å². The number of hydrogen-bond acceptors (Lipinski definition) is 3. The van der Waals surface area contributed by atoms with Crippen molar-refractivity contribution in [1.29, 1.82) is 0 Å². The fraction of sp³-hybridized carbons (Fsp3) is 0.500. The van der Waals surface area contributed by atoms with E-state index >= 15 is 0 Å². The first-order valence-electron chi connectivity index (χ1n) is 6.73. The van der Waals surface area contributed by atoms with E-state index < -0.39 is 0 Å². The van der Waals surface area contributed by atoms with Crippen LogP contribution in [0.25, 0.3) is 0 Å². The average molecular weight is 280 g/mol. The molecule has 0 spiro atoms. The maximum atomic E-state index is 11.4. The Morgan fingerprint density at radius 1 is 1.37 bits per heavy atom. The third kappa shape index (κ3) is 2.50. The van der Waals surface area contributed by atoms with Crippen LogP contribution >= 0.6 is 11.6 Å². The molecule has 2 unspecified atom stereocenters. The molecule has 0 aromatic heterocycles. The van der Waals surface area contributed by atoms with Crippen LogP contribution in [0, 0.1) is 5.92 Å². The zero-order chi connectivity index (χ0) is 13.4. The van der Waals surface area contributed by atoms with Gasteiger partial charge in [0.25, 0.3) is 0 Å². The highest BCUT2D eigenvalue weighted by Gasteiger charge is 2.34. The monoisotopic (exact) mass is 279 g/mol. The van der Waals surface area contributed by atoms with Crippen molar-refractivity contribution in [2.24, 2.45) is 5.92 Å². The largest absolute Gasteiger partial charge is 0.397 e. The number of benzene rings is 1. The maximum Gasteiger partial charge on any atom is 0.220 e. The summed E-state index contributed by atoms with van der Waals surface area (Å²) in [6.07, 6.45) is 2.58. The number of amides is 1. The minimum absolute atomic E-state index is 0.192. The van der Waals surface area contributed by atoms with Crippen molar-refractivity contribution in [2.75, 3.05) is 23.7 Å². The first-order valence-corrected chi connectivity index (χ1v) is 7.10. The summed E-state index contributed by atoms with van der Waals surface area (Å²) in [5.41, 5.74) is 7.82. The lowest BCUT2D eigenvalue weighted by atomic mass is 9.85. The van der Waals surface area contributed by atoms with Gasteiger partial charge in [-0.2, -0.15) is 0 Å². The van der Waals surface area contributed by atoms with Crippen molar-refractivity contribution in [1.82, 2.24) is 5.32 Å². The van der Waals surface area contributed by atoms with Crippen LogP contribution in [0.3, 0.4) is 0 Å². The van der Waals surface area contributed by atoms with Crippen LogP contribution in [-0.4, -0.2) is 25.0 Å². The van der Waals surface area contributed by atoms with Gasteiger partial charge in [-0.1, -0.05) is 11.6 Å². The van der Waals surface area contributed by atoms with Crippen molar-refractivity contribution >= 4 is 28.9 Å². The highest BCUT2D eigenvalue weighted by molar-refractivity contribution is 6.31. The normalized spacial score (nSPS) is 26.8. The lowest BCUT2D eigenvalue weighted by Crippen LogP contribution is -2.54. The third-order valence-electron chi connectivity index (χ3n) is 4.16. The van der Waals surface area contributed by atoms with Gasteiger partial charge >= 0.3 is 0 Å². The van der Waals surface area contributed by atoms with Gasteiger partial charge in [0.15, 0.2) is 0 Å². The maximum absolute atomic E-state index is 11.4. The highest BCUT2D eigenvalue weighted by atomic mass is 35.5. The number of rotatable bonds is 1. The number of carbonyl (C=O) groups excluding carboxylic acids is 1. The molecule has 2 aliphatic rings. The van der Waals surface area contributed by atoms with Gasteiger partial charge in [0.1, 0.15) is 0 Å². The molecule has 0 bridgehead atoms. The summed E-state index contributed by atoms with van der Waals surface area (Å²) in [7, 11) is 0. The Bertz CT molecular complexity index is 505. The Labute approximate surface area is 117 Å². The second kappa shape index (κ2) is 4.93. The van der Waals surface area contributed by atoms with Crippen molar-refractivity contribution in [3.63, 3.8) is 0 Å². The van der Waals surface area contributed by atoms with Gasteiger partial charge < -0.3 is 16.0 Å². The lowest BCUT2D eigenvalue weighted by molar-refractivity contribution is -0.124. The molecule has 0 aliphatic carbocycles. The summed E-state index contributed by atoms with van der Waals surface area (Å²) in [6, 6.07) is 5.93. The predicted octanol–water partition coefficient (Wildman–Crippen LogP) is 2.03. The zero-order valence-corrected chi connectivity index (χ0v) is 11.5. The van der Waals surface area contributed by atoms with Crippen LogP contribution in [0.1, 0.15) is 19.3 Å². The fourth-order valence-electron chi connectivity index (χ4n) is 3.12. The summed E-state index contributed by atoms with van der Waals surface area (Å²) in [5, 5.41) is 3.80. The molecule has 0 saturated carbocycles. The number of anilines is 2. The molecule has 2 fully saturated rings. The Morgan fingerprint density at radius 2 is 2.21 bits per heavy atom. The number of hydrogen-bond donors (Lipinski definition) is 2. The SMILES string of the molecule is Nc1ccc(Cl)cc1N1CCC2NC(=O)CCC2C1. The van der Waals surface area contributed by atoms with E-state index in [9.17, 15) is 4.79 Å². The first kappa shape index (κ1) is 12.6. The third-order valence-corrected chi connectivity index (χ3v) is 4.39. The van der Waals surface area contributed by atoms with Crippen LogP contribution in [-0.2, 0) is 4.79 Å². The quantitative estimate of drug-likeness (QED) is 0.774. The lowest BCUT2D eigenvalue weighted by Gasteiger charge is -2.42. The molecule has 2 atom stereocenters. The van der Waals surface area contributed by atoms with E-state index in [-0.39, 0.29) is 5.91 Å². The molecule has 0 radical (unpaired) electrons. The fourth-order valence-corrected chi connectivity index (χ4v) is 3.29. The topological polar surface area (TPSA) is 58.4 Å². The Kier molecular flexibility index (Phi) is 3.27. The van der Waals surface area contributed by atoms with Crippen molar-refractivity contribution < 1.29 is 4.79 Å². The number of nitrogens with one attached hydrogen (secondary N) is 1. The van der Waals surface area contributed by atoms with Crippen LogP contribution in [0.15, 0.2) is 18.2 Å². The van der Waals surface area contributed by atoms with Gasteiger partial charge in [-0.15, -0.1) is 0 Å². The molecule has 1 amide bonds. The number of piperidine rings is 2. The van der Waals surface area contributed by atoms with Crippen LogP contribution in [0.4, 0.5) is 11.4 Å². The highest BCUT2D eigenvalue weighted by Crippen LogP contribution is 2.33. The first-order chi connectivity index (χ1) is 9.13. The molecule has 2 aliphatic heterocycles. The van der Waals surface area contributed by atoms with E-state index in [1.54, 1.807) is 0 Å². The molecule has 2 heterocycles. The van der Waals surface area contributed by atoms with E-state index in [4.69, 9.17) is 17.3 Å². The number of nitrogens with two attached hydrogens (primary N) is 1. The van der Waals surface area contributed by atoms with Crippen molar-refractivity contribution in [2.45, 2.75) is 25.3 Å². The van der Waals surface area contributed by atoms with E-state index in [2.05, 4.69) is 10.2 Å². The second-order valence-corrected chi connectivity index (χ2v) is 5.85. The number of nitrogen functional groups attached to an aromatic ring is 1. The van der Waals surface area contributed by atoms with E-state index in [0.717, 1.165) is 37.3 Å². The second-order valence-electron chi connectivity index (χ2n) is 5.41. The summed E-state index contributed by atoms with van der Waals surface area (Å²) >= 11 is 6.05. The molecular weight excluding hydrogens is 262 g/mol. The van der Waals surface area contributed by atoms with Gasteiger partial charge in [-0.3, -0.25) is 4.79 Å². The van der Waals surface area contributed by atoms with Crippen molar-refractivity contribution in [3.05, 3.63) is 23.2 Å². The molecule has 3 rings (SSSR count). The summed E-state index contributed by atoms with van der Waals surface area (Å²) in [5.74, 6) is 0.710. The predicted molar refractivity (Wildman–Crippen MR) is 77.3 cm³/mol. The average Bonchev–Trinajstić information content (AvgIpc) is 2.41. The molecule has 1 aromatic rings. The van der Waals surface area contributed by atoms with Gasteiger partial charge in [0, 0.05) is 30.6 Å². The van der Waals surface area contributed by atoms with E-state index in [1.165, 1.54) is 0 Å². The summed E-state index contributed by atoms with van der Waals surface area (Å²) in [6.45, 7) is 1.85. The minimum Gasteiger partial charge on any atom is -0.397 e. The van der Waals surface area contributed by atoms with Gasteiger partial charge in [-0.25, -0.2) is 0 Å². The van der Waals surface area contributed by atoms with E-state index in [0.29, 0.717) is 23.4 Å². The smallest absolute Gasteiger partial charge is 0.220 e. The molecule has 1 aromatic carbocycles. The number of halogens is 1. The zero-order valence-electron chi connectivity index (χ0n) is 10.7. The molecular formula is C14H18ClN3O. The standard InChI is InChI=1S/C14H18ClN3O/c15-10-2-3-11(16)13(7-10)18-6-5-12-9(8-18)1-4-14(19)17-12/h2-3,7,9,12H,1,4-6,8,16H2,(H,17,19). The van der Waals surface area contributed by atoms with Gasteiger partial charge in [-0.05, 0) is 37.0 Å². The number of fused-ring (bicyclic) bond motifs is 1. The Hall–Kier alpha value is -1.42. The molecule has 19 heavy (non-hydrogen) atoms. The van der Waals surface area contributed by atoms with Crippen molar-refractivity contribution in [3.8, 4) is 0 Å². The van der Waals surface area contributed by atoms with Gasteiger partial charge in [0.2, 0.25) is 5.91 Å². The molecule has 2 saturated heterocycles. The minimum atomic E-state index is 0.192. The molecule has 102 valence electrons. The Balaban J connectivity index is 1.77. The number of carbonyl (C=O) groups is 1. The molecule has 3 N–H and O–H groups in total. The van der Waals surface area contributed by atoms with Crippen LogP contribution in [0.2, 0.25) is 5.02 Å². The van der Waals surface area contributed by atoms with Gasteiger partial charge in [0.05, 0.1) is 11.4 Å². The molecule has 4 nitrogen and oxygen atoms in total.